The smallest absolute Gasteiger partial charge is 0.224 e. The maximum absolute atomic E-state index is 12.1. The number of furan rings is 1. The number of carbonyl (C=O) groups is 1. The fourth-order valence-electron chi connectivity index (χ4n) is 3.20. The highest BCUT2D eigenvalue weighted by Gasteiger charge is 2.57. The van der Waals surface area contributed by atoms with Gasteiger partial charge < -0.3 is 14.9 Å². The second kappa shape index (κ2) is 5.20. The molecule has 0 aliphatic heterocycles. The van der Waals surface area contributed by atoms with Crippen molar-refractivity contribution < 1.29 is 13.9 Å². The first kappa shape index (κ1) is 14.7. The first-order chi connectivity index (χ1) is 10.5. The van der Waals surface area contributed by atoms with Crippen LogP contribution in [0.1, 0.15) is 41.4 Å². The van der Waals surface area contributed by atoms with Gasteiger partial charge in [-0.25, -0.2) is 0 Å². The van der Waals surface area contributed by atoms with Crippen molar-refractivity contribution in [1.29, 1.82) is 0 Å². The molecule has 2 aromatic rings. The largest absolute Gasteiger partial charge is 0.496 e. The molecule has 0 spiro atoms. The Morgan fingerprint density at radius 3 is 2.50 bits per heavy atom. The van der Waals surface area contributed by atoms with E-state index in [9.17, 15) is 4.79 Å². The molecule has 1 unspecified atom stereocenters. The zero-order valence-corrected chi connectivity index (χ0v) is 13.2. The van der Waals surface area contributed by atoms with Crippen molar-refractivity contribution >= 4 is 5.91 Å². The van der Waals surface area contributed by atoms with E-state index < -0.39 is 5.41 Å². The van der Waals surface area contributed by atoms with Crippen molar-refractivity contribution in [2.45, 2.75) is 32.6 Å². The average Bonchev–Trinajstić information content (AvgIpc) is 3.18. The number of methoxy groups -OCH3 is 1. The molecule has 22 heavy (non-hydrogen) atoms. The quantitative estimate of drug-likeness (QED) is 0.921. The Morgan fingerprint density at radius 2 is 2.00 bits per heavy atom. The van der Waals surface area contributed by atoms with Crippen LogP contribution in [0, 0.1) is 19.3 Å². The van der Waals surface area contributed by atoms with E-state index in [1.165, 1.54) is 0 Å². The third-order valence-corrected chi connectivity index (χ3v) is 4.58. The molecule has 1 atom stereocenters. The summed E-state index contributed by atoms with van der Waals surface area (Å²) in [6.07, 6.45) is 1.56. The number of primary amides is 1. The van der Waals surface area contributed by atoms with E-state index in [0.717, 1.165) is 41.2 Å². The Kier molecular flexibility index (Phi) is 3.47. The minimum Gasteiger partial charge on any atom is -0.496 e. The molecule has 0 radical (unpaired) electrons. The second-order valence-electron chi connectivity index (χ2n) is 6.15. The lowest BCUT2D eigenvalue weighted by Crippen LogP contribution is -2.31. The summed E-state index contributed by atoms with van der Waals surface area (Å²) in [6.45, 7) is 3.91. The van der Waals surface area contributed by atoms with Crippen molar-refractivity contribution in [2.24, 2.45) is 11.1 Å². The Bertz CT molecular complexity index is 713. The van der Waals surface area contributed by atoms with E-state index in [0.29, 0.717) is 0 Å². The number of rotatable bonds is 5. The zero-order chi connectivity index (χ0) is 15.9. The van der Waals surface area contributed by atoms with Gasteiger partial charge in [-0.3, -0.25) is 4.79 Å². The van der Waals surface area contributed by atoms with Crippen molar-refractivity contribution in [2.75, 3.05) is 7.11 Å². The van der Waals surface area contributed by atoms with Crippen LogP contribution in [-0.4, -0.2) is 13.0 Å². The van der Waals surface area contributed by atoms with Crippen LogP contribution in [0.4, 0.5) is 0 Å². The molecule has 4 nitrogen and oxygen atoms in total. The second-order valence-corrected chi connectivity index (χ2v) is 6.15. The normalized spacial score (nSPS) is 17.0. The minimum atomic E-state index is -0.563. The highest BCUT2D eigenvalue weighted by molar-refractivity contribution is 5.85. The number of ether oxygens (including phenoxy) is 1. The van der Waals surface area contributed by atoms with Gasteiger partial charge in [-0.15, -0.1) is 0 Å². The lowest BCUT2D eigenvalue weighted by Gasteiger charge is -2.25. The molecule has 1 heterocycles. The number of amides is 1. The molecule has 116 valence electrons. The van der Waals surface area contributed by atoms with Crippen LogP contribution >= 0.6 is 0 Å². The molecule has 1 aromatic carbocycles. The summed E-state index contributed by atoms with van der Waals surface area (Å²) in [7, 11) is 1.65. The predicted octanol–water partition coefficient (Wildman–Crippen LogP) is 3.30. The van der Waals surface area contributed by atoms with Gasteiger partial charge in [-0.05, 0) is 50.5 Å². The molecule has 1 saturated carbocycles. The molecule has 1 aliphatic rings. The summed E-state index contributed by atoms with van der Waals surface area (Å²) in [6, 6.07) is 9.87. The molecule has 1 aliphatic carbocycles. The van der Waals surface area contributed by atoms with Gasteiger partial charge in [0.2, 0.25) is 5.91 Å². The lowest BCUT2D eigenvalue weighted by molar-refractivity contribution is -0.123. The molecule has 3 rings (SSSR count). The van der Waals surface area contributed by atoms with Gasteiger partial charge in [0, 0.05) is 5.56 Å². The summed E-state index contributed by atoms with van der Waals surface area (Å²) in [4.78, 5) is 12.1. The number of aryl methyl sites for hydroxylation is 2. The van der Waals surface area contributed by atoms with Gasteiger partial charge in [0.15, 0.2) is 0 Å². The molecule has 1 aromatic heterocycles. The van der Waals surface area contributed by atoms with E-state index in [2.05, 4.69) is 0 Å². The topological polar surface area (TPSA) is 65.5 Å². The monoisotopic (exact) mass is 299 g/mol. The van der Waals surface area contributed by atoms with Crippen molar-refractivity contribution in [3.8, 4) is 5.75 Å². The summed E-state index contributed by atoms with van der Waals surface area (Å²) >= 11 is 0. The van der Waals surface area contributed by atoms with Crippen LogP contribution in [0.25, 0.3) is 0 Å². The van der Waals surface area contributed by atoms with Crippen LogP contribution in [-0.2, 0) is 4.79 Å². The number of hydrogen-bond donors (Lipinski definition) is 1. The van der Waals surface area contributed by atoms with E-state index in [4.69, 9.17) is 14.9 Å². The first-order valence-electron chi connectivity index (χ1n) is 7.49. The molecule has 1 amide bonds. The van der Waals surface area contributed by atoms with Crippen molar-refractivity contribution in [3.05, 3.63) is 53.0 Å². The van der Waals surface area contributed by atoms with E-state index in [1.54, 1.807) is 7.11 Å². The molecule has 0 bridgehead atoms. The van der Waals surface area contributed by atoms with E-state index in [-0.39, 0.29) is 11.8 Å². The van der Waals surface area contributed by atoms with Gasteiger partial charge in [-0.1, -0.05) is 12.1 Å². The highest BCUT2D eigenvalue weighted by Crippen LogP contribution is 2.59. The van der Waals surface area contributed by atoms with Crippen molar-refractivity contribution in [1.82, 2.24) is 0 Å². The van der Waals surface area contributed by atoms with Crippen LogP contribution in [0.15, 0.2) is 34.7 Å². The number of carbonyl (C=O) groups excluding carboxylic acids is 1. The molecular weight excluding hydrogens is 278 g/mol. The highest BCUT2D eigenvalue weighted by atomic mass is 16.5. The van der Waals surface area contributed by atoms with Crippen LogP contribution < -0.4 is 10.5 Å². The van der Waals surface area contributed by atoms with E-state index in [1.807, 2.05) is 44.2 Å². The van der Waals surface area contributed by atoms with Gasteiger partial charge in [0.25, 0.3) is 0 Å². The minimum absolute atomic E-state index is 0.200. The Morgan fingerprint density at radius 1 is 1.27 bits per heavy atom. The summed E-state index contributed by atoms with van der Waals surface area (Å²) in [5.74, 6) is 1.90. The summed E-state index contributed by atoms with van der Waals surface area (Å²) in [5, 5.41) is 0. The van der Waals surface area contributed by atoms with Gasteiger partial charge >= 0.3 is 0 Å². The Balaban J connectivity index is 2.17. The van der Waals surface area contributed by atoms with Crippen LogP contribution in [0.3, 0.4) is 0 Å². The lowest BCUT2D eigenvalue weighted by atomic mass is 9.80. The first-order valence-corrected chi connectivity index (χ1v) is 7.49. The SMILES string of the molecule is COc1cc(C)ccc1C(c1ccc(C)o1)C1(C(N)=O)CC1. The van der Waals surface area contributed by atoms with Gasteiger partial charge in [-0.2, -0.15) is 0 Å². The number of nitrogens with two attached hydrogens (primary N) is 1. The predicted molar refractivity (Wildman–Crippen MR) is 83.9 cm³/mol. The fraction of sp³-hybridized carbons (Fsp3) is 0.389. The maximum atomic E-state index is 12.1. The standard InChI is InChI=1S/C18H21NO3/c1-11-4-6-13(15(10-11)21-3)16(14-7-5-12(2)22-14)18(8-9-18)17(19)20/h4-7,10,16H,8-9H2,1-3H3,(H2,19,20). The van der Waals surface area contributed by atoms with Crippen LogP contribution in [0.5, 0.6) is 5.75 Å². The average molecular weight is 299 g/mol. The Labute approximate surface area is 130 Å². The molecule has 1 fully saturated rings. The summed E-state index contributed by atoms with van der Waals surface area (Å²) < 4.78 is 11.4. The maximum Gasteiger partial charge on any atom is 0.224 e. The van der Waals surface area contributed by atoms with Crippen LogP contribution in [0.2, 0.25) is 0 Å². The molecular formula is C18H21NO3. The van der Waals surface area contributed by atoms with Crippen molar-refractivity contribution in [3.63, 3.8) is 0 Å². The zero-order valence-electron chi connectivity index (χ0n) is 13.2. The Hall–Kier alpha value is -2.23. The number of benzene rings is 1. The number of hydrogen-bond acceptors (Lipinski definition) is 3. The molecule has 0 saturated heterocycles. The van der Waals surface area contributed by atoms with Gasteiger partial charge in [0.1, 0.15) is 17.3 Å². The fourth-order valence-corrected chi connectivity index (χ4v) is 3.20. The third-order valence-electron chi connectivity index (χ3n) is 4.58. The third kappa shape index (κ3) is 2.28. The summed E-state index contributed by atoms with van der Waals surface area (Å²) in [5.41, 5.74) is 7.22. The molecule has 2 N–H and O–H groups in total. The molecule has 4 heteroatoms. The van der Waals surface area contributed by atoms with Gasteiger partial charge in [0.05, 0.1) is 18.4 Å². The van der Waals surface area contributed by atoms with E-state index >= 15 is 0 Å².